The van der Waals surface area contributed by atoms with Crippen LogP contribution in [-0.4, -0.2) is 30.3 Å². The predicted molar refractivity (Wildman–Crippen MR) is 71.8 cm³/mol. The lowest BCUT2D eigenvalue weighted by molar-refractivity contribution is -0.113. The fourth-order valence-electron chi connectivity index (χ4n) is 1.38. The highest BCUT2D eigenvalue weighted by Crippen LogP contribution is 2.13. The normalized spacial score (nSPS) is 11.2. The minimum atomic E-state index is -3.64. The number of anilines is 1. The fourth-order valence-corrected chi connectivity index (χ4v) is 2.98. The average Bonchev–Trinajstić information content (AvgIpc) is 2.81. The molecule has 0 aliphatic rings. The van der Waals surface area contributed by atoms with Crippen molar-refractivity contribution in [3.05, 3.63) is 35.3 Å². The number of amides is 1. The Labute approximate surface area is 114 Å². The molecule has 100 valence electrons. The van der Waals surface area contributed by atoms with E-state index in [4.69, 9.17) is 0 Å². The van der Waals surface area contributed by atoms with Gasteiger partial charge in [0.2, 0.25) is 11.0 Å². The second kappa shape index (κ2) is 5.45. The van der Waals surface area contributed by atoms with Gasteiger partial charge in [-0.1, -0.05) is 29.0 Å². The summed E-state index contributed by atoms with van der Waals surface area (Å²) in [5, 5.41) is 9.82. The van der Waals surface area contributed by atoms with Gasteiger partial charge in [0.1, 0.15) is 11.3 Å². The van der Waals surface area contributed by atoms with Crippen LogP contribution in [0.25, 0.3) is 0 Å². The van der Waals surface area contributed by atoms with Gasteiger partial charge in [0, 0.05) is 0 Å². The van der Waals surface area contributed by atoms with E-state index < -0.39 is 21.5 Å². The number of sulfone groups is 1. The highest BCUT2D eigenvalue weighted by molar-refractivity contribution is 7.92. The van der Waals surface area contributed by atoms with E-state index >= 15 is 0 Å². The molecule has 6 nitrogen and oxygen atoms in total. The minimum Gasteiger partial charge on any atom is -0.300 e. The first kappa shape index (κ1) is 13.6. The molecule has 1 N–H and O–H groups in total. The zero-order chi connectivity index (χ0) is 13.9. The van der Waals surface area contributed by atoms with Gasteiger partial charge >= 0.3 is 0 Å². The number of nitrogens with zero attached hydrogens (tertiary/aromatic N) is 2. The molecule has 0 saturated heterocycles. The number of aryl methyl sites for hydroxylation is 1. The zero-order valence-corrected chi connectivity index (χ0v) is 11.7. The van der Waals surface area contributed by atoms with Gasteiger partial charge in [-0.05, 0) is 19.1 Å². The maximum absolute atomic E-state index is 12.0. The molecule has 1 aromatic heterocycles. The van der Waals surface area contributed by atoms with Crippen molar-refractivity contribution >= 4 is 32.2 Å². The van der Waals surface area contributed by atoms with Crippen molar-refractivity contribution < 1.29 is 13.2 Å². The summed E-state index contributed by atoms with van der Waals surface area (Å²) in [6, 6.07) is 6.36. The lowest BCUT2D eigenvalue weighted by atomic mass is 10.2. The minimum absolute atomic E-state index is 0.130. The van der Waals surface area contributed by atoms with Gasteiger partial charge in [-0.2, -0.15) is 0 Å². The molecule has 0 atom stereocenters. The summed E-state index contributed by atoms with van der Waals surface area (Å²) >= 11 is 1.13. The summed E-state index contributed by atoms with van der Waals surface area (Å²) < 4.78 is 24.0. The van der Waals surface area contributed by atoms with Gasteiger partial charge in [0.15, 0.2) is 9.84 Å². The summed E-state index contributed by atoms with van der Waals surface area (Å²) in [5.41, 5.74) is 2.40. The van der Waals surface area contributed by atoms with E-state index in [2.05, 4.69) is 15.5 Å². The Kier molecular flexibility index (Phi) is 3.91. The Morgan fingerprint density at radius 1 is 1.32 bits per heavy atom. The first-order valence-electron chi connectivity index (χ1n) is 5.33. The standard InChI is InChI=1S/C11H11N3O3S2/c1-8-2-4-9(5-3-8)19(16,17)6-10(15)13-11-14-12-7-18-11/h2-5,7H,6H2,1H3,(H,13,14,15). The number of benzene rings is 1. The third-order valence-corrected chi connectivity index (χ3v) is 4.55. The number of rotatable bonds is 4. The molecule has 0 aliphatic carbocycles. The number of nitrogens with one attached hydrogen (secondary N) is 1. The van der Waals surface area contributed by atoms with Crippen molar-refractivity contribution in [2.45, 2.75) is 11.8 Å². The van der Waals surface area contributed by atoms with E-state index in [-0.39, 0.29) is 10.0 Å². The number of aromatic nitrogens is 2. The molecular formula is C11H11N3O3S2. The van der Waals surface area contributed by atoms with Crippen LogP contribution in [0, 0.1) is 6.92 Å². The molecule has 1 heterocycles. The van der Waals surface area contributed by atoms with Crippen LogP contribution in [0.3, 0.4) is 0 Å². The Bertz CT molecular complexity index is 664. The second-order valence-electron chi connectivity index (χ2n) is 3.86. The molecule has 0 spiro atoms. The topological polar surface area (TPSA) is 89.0 Å². The van der Waals surface area contributed by atoms with Crippen LogP contribution in [0.4, 0.5) is 5.13 Å². The van der Waals surface area contributed by atoms with Gasteiger partial charge in [0.05, 0.1) is 4.90 Å². The van der Waals surface area contributed by atoms with Crippen molar-refractivity contribution in [3.63, 3.8) is 0 Å². The third-order valence-electron chi connectivity index (χ3n) is 2.31. The molecule has 0 saturated carbocycles. The van der Waals surface area contributed by atoms with Crippen LogP contribution < -0.4 is 5.32 Å². The first-order chi connectivity index (χ1) is 8.97. The molecule has 2 rings (SSSR count). The SMILES string of the molecule is Cc1ccc(S(=O)(=O)CC(=O)Nc2nncs2)cc1. The summed E-state index contributed by atoms with van der Waals surface area (Å²) in [6.45, 7) is 1.86. The molecule has 2 aromatic rings. The molecule has 0 aliphatic heterocycles. The van der Waals surface area contributed by atoms with Gasteiger partial charge < -0.3 is 0 Å². The van der Waals surface area contributed by atoms with E-state index in [0.717, 1.165) is 16.9 Å². The molecule has 0 unspecified atom stereocenters. The monoisotopic (exact) mass is 297 g/mol. The van der Waals surface area contributed by atoms with Crippen molar-refractivity contribution in [1.29, 1.82) is 0 Å². The lowest BCUT2D eigenvalue weighted by Crippen LogP contribution is -2.23. The van der Waals surface area contributed by atoms with Crippen molar-refractivity contribution in [3.8, 4) is 0 Å². The zero-order valence-electron chi connectivity index (χ0n) is 10.0. The van der Waals surface area contributed by atoms with Gasteiger partial charge in [0.25, 0.3) is 0 Å². The van der Waals surface area contributed by atoms with Crippen LogP contribution >= 0.6 is 11.3 Å². The van der Waals surface area contributed by atoms with Crippen LogP contribution in [0.15, 0.2) is 34.7 Å². The number of hydrogen-bond acceptors (Lipinski definition) is 6. The molecule has 0 bridgehead atoms. The summed E-state index contributed by atoms with van der Waals surface area (Å²) in [4.78, 5) is 11.7. The highest BCUT2D eigenvalue weighted by atomic mass is 32.2. The number of carbonyl (C=O) groups excluding carboxylic acids is 1. The van der Waals surface area contributed by atoms with Crippen LogP contribution in [0.1, 0.15) is 5.56 Å². The van der Waals surface area contributed by atoms with E-state index in [1.54, 1.807) is 12.1 Å². The molecular weight excluding hydrogens is 286 g/mol. The molecule has 0 fully saturated rings. The molecule has 1 aromatic carbocycles. The summed E-state index contributed by atoms with van der Waals surface area (Å²) in [6.07, 6.45) is 0. The van der Waals surface area contributed by atoms with Crippen LogP contribution in [-0.2, 0) is 14.6 Å². The highest BCUT2D eigenvalue weighted by Gasteiger charge is 2.19. The smallest absolute Gasteiger partial charge is 0.241 e. The maximum Gasteiger partial charge on any atom is 0.241 e. The van der Waals surface area contributed by atoms with E-state index in [0.29, 0.717) is 0 Å². The Morgan fingerprint density at radius 2 is 2.00 bits per heavy atom. The third kappa shape index (κ3) is 3.58. The number of hydrogen-bond donors (Lipinski definition) is 1. The number of carbonyl (C=O) groups is 1. The molecule has 1 amide bonds. The molecule has 0 radical (unpaired) electrons. The van der Waals surface area contributed by atoms with E-state index in [1.165, 1.54) is 17.6 Å². The van der Waals surface area contributed by atoms with Crippen LogP contribution in [0.5, 0.6) is 0 Å². The molecule has 19 heavy (non-hydrogen) atoms. The van der Waals surface area contributed by atoms with E-state index in [1.807, 2.05) is 6.92 Å². The Balaban J connectivity index is 2.09. The predicted octanol–water partition coefficient (Wildman–Crippen LogP) is 1.26. The largest absolute Gasteiger partial charge is 0.300 e. The van der Waals surface area contributed by atoms with Gasteiger partial charge in [-0.15, -0.1) is 10.2 Å². The first-order valence-corrected chi connectivity index (χ1v) is 7.86. The van der Waals surface area contributed by atoms with Crippen LogP contribution in [0.2, 0.25) is 0 Å². The van der Waals surface area contributed by atoms with Crippen molar-refractivity contribution in [2.75, 3.05) is 11.1 Å². The lowest BCUT2D eigenvalue weighted by Gasteiger charge is -2.04. The summed E-state index contributed by atoms with van der Waals surface area (Å²) in [5.74, 6) is -1.24. The van der Waals surface area contributed by atoms with Gasteiger partial charge in [-0.25, -0.2) is 8.42 Å². The maximum atomic E-state index is 12.0. The second-order valence-corrected chi connectivity index (χ2v) is 6.69. The van der Waals surface area contributed by atoms with E-state index in [9.17, 15) is 13.2 Å². The Hall–Kier alpha value is -1.80. The molecule has 8 heteroatoms. The van der Waals surface area contributed by atoms with Gasteiger partial charge in [-0.3, -0.25) is 10.1 Å². The van der Waals surface area contributed by atoms with Crippen molar-refractivity contribution in [2.24, 2.45) is 0 Å². The fraction of sp³-hybridized carbons (Fsp3) is 0.182. The quantitative estimate of drug-likeness (QED) is 0.917. The Morgan fingerprint density at radius 3 is 2.58 bits per heavy atom. The van der Waals surface area contributed by atoms with Crippen molar-refractivity contribution in [1.82, 2.24) is 10.2 Å². The average molecular weight is 297 g/mol. The summed E-state index contributed by atoms with van der Waals surface area (Å²) in [7, 11) is -3.64.